The van der Waals surface area contributed by atoms with Crippen molar-refractivity contribution in [3.63, 3.8) is 0 Å². The third-order valence-corrected chi connectivity index (χ3v) is 10.6. The van der Waals surface area contributed by atoms with Crippen LogP contribution in [0.15, 0.2) is 102 Å². The molecule has 1 aliphatic heterocycles. The lowest BCUT2D eigenvalue weighted by Gasteiger charge is -2.37. The van der Waals surface area contributed by atoms with E-state index in [2.05, 4.69) is 48.3 Å². The Bertz CT molecular complexity index is 1530. The molecule has 1 aromatic heterocycles. The molecular formula is C42H55N3O5S. The highest BCUT2D eigenvalue weighted by molar-refractivity contribution is 7.99. The minimum Gasteiger partial charge on any atom is -0.383 e. The van der Waals surface area contributed by atoms with Gasteiger partial charge in [-0.25, -0.2) is 4.98 Å². The number of nitrogens with zero attached hydrogens (tertiary/aromatic N) is 2. The fraction of sp³-hybridized carbons (Fsp3) is 0.476. The van der Waals surface area contributed by atoms with Gasteiger partial charge in [0, 0.05) is 38.3 Å². The van der Waals surface area contributed by atoms with Crippen molar-refractivity contribution in [2.24, 2.45) is 0 Å². The normalized spacial score (nSPS) is 17.6. The van der Waals surface area contributed by atoms with Gasteiger partial charge in [0.05, 0.1) is 18.8 Å². The molecule has 0 unspecified atom stereocenters. The van der Waals surface area contributed by atoms with Crippen LogP contribution >= 0.6 is 11.8 Å². The Labute approximate surface area is 308 Å². The number of hydrogen-bond donors (Lipinski definition) is 1. The zero-order chi connectivity index (χ0) is 35.7. The molecule has 0 saturated carbocycles. The molecule has 0 radical (unpaired) electrons. The highest BCUT2D eigenvalue weighted by Crippen LogP contribution is 2.41. The van der Waals surface area contributed by atoms with Crippen molar-refractivity contribution < 1.29 is 18.9 Å². The summed E-state index contributed by atoms with van der Waals surface area (Å²) in [5.41, 5.74) is 8.12. The number of anilines is 1. The van der Waals surface area contributed by atoms with Crippen molar-refractivity contribution in [1.29, 1.82) is 0 Å². The predicted octanol–water partition coefficient (Wildman–Crippen LogP) is 8.01. The topological polar surface area (TPSA) is 97.8 Å². The lowest BCUT2D eigenvalue weighted by atomic mass is 9.80. The second-order valence-corrected chi connectivity index (χ2v) is 14.5. The Morgan fingerprint density at radius 2 is 1.49 bits per heavy atom. The van der Waals surface area contributed by atoms with Gasteiger partial charge in [-0.1, -0.05) is 130 Å². The molecule has 8 nitrogen and oxygen atoms in total. The summed E-state index contributed by atoms with van der Waals surface area (Å²) in [5.74, 6) is 3.04. The molecule has 0 amide bonds. The molecule has 1 aliphatic rings. The lowest BCUT2D eigenvalue weighted by Crippen LogP contribution is -2.38. The summed E-state index contributed by atoms with van der Waals surface area (Å²) >= 11 is 1.92. The number of benzene rings is 3. The maximum Gasteiger partial charge on any atom is 0.255 e. The van der Waals surface area contributed by atoms with E-state index in [0.29, 0.717) is 25.8 Å². The van der Waals surface area contributed by atoms with Crippen LogP contribution < -0.4 is 11.3 Å². The van der Waals surface area contributed by atoms with Gasteiger partial charge in [0.25, 0.3) is 5.56 Å². The van der Waals surface area contributed by atoms with Crippen LogP contribution in [0, 0.1) is 0 Å². The molecular weight excluding hydrogens is 659 g/mol. The number of hydrogen-bond acceptors (Lipinski definition) is 8. The van der Waals surface area contributed by atoms with E-state index in [1.807, 2.05) is 66.4 Å². The molecule has 3 aromatic carbocycles. The van der Waals surface area contributed by atoms with Crippen LogP contribution in [0.25, 0.3) is 0 Å². The van der Waals surface area contributed by atoms with Crippen molar-refractivity contribution in [3.8, 4) is 0 Å². The van der Waals surface area contributed by atoms with E-state index >= 15 is 0 Å². The number of nitrogen functional groups attached to an aromatic ring is 1. The molecule has 0 aliphatic carbocycles. The van der Waals surface area contributed by atoms with E-state index in [4.69, 9.17) is 24.7 Å². The van der Waals surface area contributed by atoms with Crippen LogP contribution in [0.3, 0.4) is 0 Å². The Morgan fingerprint density at radius 1 is 0.882 bits per heavy atom. The minimum absolute atomic E-state index is 0.123. The fourth-order valence-corrected chi connectivity index (χ4v) is 7.91. The zero-order valence-electron chi connectivity index (χ0n) is 30.3. The third kappa shape index (κ3) is 10.8. The molecule has 2 N–H and O–H groups in total. The van der Waals surface area contributed by atoms with Gasteiger partial charge in [0.2, 0.25) is 0 Å². The fourth-order valence-electron chi connectivity index (χ4n) is 6.97. The lowest BCUT2D eigenvalue weighted by molar-refractivity contribution is -0.125. The van der Waals surface area contributed by atoms with Crippen molar-refractivity contribution >= 4 is 17.6 Å². The molecule has 5 rings (SSSR count). The van der Waals surface area contributed by atoms with Gasteiger partial charge in [-0.2, -0.15) is 11.8 Å². The van der Waals surface area contributed by atoms with Gasteiger partial charge >= 0.3 is 0 Å². The van der Waals surface area contributed by atoms with E-state index in [1.54, 1.807) is 11.7 Å². The number of unbranched alkanes of at least 4 members (excludes halogenated alkanes) is 5. The highest BCUT2D eigenvalue weighted by atomic mass is 32.2. The summed E-state index contributed by atoms with van der Waals surface area (Å²) in [4.78, 5) is 17.7. The quantitative estimate of drug-likeness (QED) is 0.0497. The van der Waals surface area contributed by atoms with Crippen molar-refractivity contribution in [1.82, 2.24) is 9.55 Å². The maximum absolute atomic E-state index is 13.1. The van der Waals surface area contributed by atoms with Crippen LogP contribution in [0.5, 0.6) is 0 Å². The van der Waals surface area contributed by atoms with Crippen molar-refractivity contribution in [3.05, 3.63) is 130 Å². The van der Waals surface area contributed by atoms with Crippen LogP contribution in [0.4, 0.5) is 5.82 Å². The first-order chi connectivity index (χ1) is 25.0. The van der Waals surface area contributed by atoms with E-state index in [1.165, 1.54) is 44.6 Å². The molecule has 51 heavy (non-hydrogen) atoms. The molecule has 1 fully saturated rings. The smallest absolute Gasteiger partial charge is 0.255 e. The second kappa shape index (κ2) is 20.5. The Balaban J connectivity index is 1.27. The molecule has 2 heterocycles. The summed E-state index contributed by atoms with van der Waals surface area (Å²) in [7, 11) is 1.62. The van der Waals surface area contributed by atoms with E-state index in [9.17, 15) is 4.79 Å². The Morgan fingerprint density at radius 3 is 2.10 bits per heavy atom. The van der Waals surface area contributed by atoms with E-state index in [0.717, 1.165) is 34.0 Å². The SMILES string of the molecule is CCCCCCCCSCCc1nc(N)cc(=O)n1CC[C@H]1C[C@H](OCOC)[C@@H](COC(c2ccccc2)(c2ccccc2)c2ccccc2)O1. The Hall–Kier alpha value is -3.47. The monoisotopic (exact) mass is 713 g/mol. The summed E-state index contributed by atoms with van der Waals surface area (Å²) in [5, 5.41) is 0. The first kappa shape index (κ1) is 38.8. The van der Waals surface area contributed by atoms with Gasteiger partial charge in [-0.15, -0.1) is 0 Å². The largest absolute Gasteiger partial charge is 0.383 e. The van der Waals surface area contributed by atoms with E-state index in [-0.39, 0.29) is 43.1 Å². The number of aromatic nitrogens is 2. The molecule has 1 saturated heterocycles. The van der Waals surface area contributed by atoms with Crippen molar-refractivity contribution in [2.45, 2.75) is 95.2 Å². The summed E-state index contributed by atoms with van der Waals surface area (Å²) in [6.07, 6.45) is 9.00. The summed E-state index contributed by atoms with van der Waals surface area (Å²) in [6.45, 7) is 3.17. The third-order valence-electron chi connectivity index (χ3n) is 9.58. The number of ether oxygens (including phenoxy) is 4. The van der Waals surface area contributed by atoms with Crippen LogP contribution in [-0.2, 0) is 37.5 Å². The van der Waals surface area contributed by atoms with E-state index < -0.39 is 5.60 Å². The Kier molecular flexibility index (Phi) is 15.6. The molecule has 3 atom stereocenters. The summed E-state index contributed by atoms with van der Waals surface area (Å²) in [6, 6.07) is 32.4. The molecule has 9 heteroatoms. The minimum atomic E-state index is -0.873. The molecule has 4 aromatic rings. The molecule has 0 bridgehead atoms. The first-order valence-electron chi connectivity index (χ1n) is 18.6. The first-order valence-corrected chi connectivity index (χ1v) is 19.7. The second-order valence-electron chi connectivity index (χ2n) is 13.2. The van der Waals surface area contributed by atoms with Gasteiger partial charge in [0.1, 0.15) is 30.1 Å². The van der Waals surface area contributed by atoms with Crippen LogP contribution in [0.2, 0.25) is 0 Å². The molecule has 274 valence electrons. The highest BCUT2D eigenvalue weighted by Gasteiger charge is 2.42. The predicted molar refractivity (Wildman–Crippen MR) is 207 cm³/mol. The van der Waals surface area contributed by atoms with Gasteiger partial charge in [-0.05, 0) is 35.3 Å². The average Bonchev–Trinajstić information content (AvgIpc) is 3.56. The number of nitrogens with two attached hydrogens (primary N) is 1. The van der Waals surface area contributed by atoms with Gasteiger partial charge < -0.3 is 24.7 Å². The standard InChI is InChI=1S/C42H55N3O5S/c1-3-4-5-6-7-17-27-51-28-25-40-44-39(43)30-41(46)45(40)26-24-36-29-37(48-32-47-2)38(50-36)31-49-42(33-18-11-8-12-19-33,34-20-13-9-14-21-34)35-22-15-10-16-23-35/h8-16,18-23,30,36-38H,3-7,17,24-29,31-32,43H2,1-2H3/t36-,37-,38+/m0/s1. The number of methoxy groups -OCH3 is 1. The number of rotatable bonds is 22. The number of aryl methyl sites for hydroxylation is 1. The average molecular weight is 714 g/mol. The summed E-state index contributed by atoms with van der Waals surface area (Å²) < 4.78 is 27.1. The van der Waals surface area contributed by atoms with Crippen molar-refractivity contribution in [2.75, 3.05) is 37.7 Å². The van der Waals surface area contributed by atoms with Crippen LogP contribution in [0.1, 0.15) is 80.8 Å². The van der Waals surface area contributed by atoms with Gasteiger partial charge in [0.15, 0.2) is 0 Å². The maximum atomic E-state index is 13.1. The zero-order valence-corrected chi connectivity index (χ0v) is 31.1. The molecule has 0 spiro atoms. The number of thioether (sulfide) groups is 1. The van der Waals surface area contributed by atoms with Crippen LogP contribution in [-0.4, -0.2) is 59.9 Å². The van der Waals surface area contributed by atoms with Gasteiger partial charge in [-0.3, -0.25) is 9.36 Å².